The summed E-state index contributed by atoms with van der Waals surface area (Å²) in [6.45, 7) is 4.44. The summed E-state index contributed by atoms with van der Waals surface area (Å²) >= 11 is 0. The maximum atomic E-state index is 5.85. The van der Waals surface area contributed by atoms with Crippen LogP contribution in [-0.2, 0) is 13.0 Å². The summed E-state index contributed by atoms with van der Waals surface area (Å²) in [6, 6.07) is 0. The molecule has 0 saturated carbocycles. The van der Waals surface area contributed by atoms with Gasteiger partial charge in [-0.25, -0.2) is 15.0 Å². The van der Waals surface area contributed by atoms with Crippen molar-refractivity contribution in [2.75, 3.05) is 11.1 Å². The number of nitrogen functional groups attached to an aromatic ring is 1. The Morgan fingerprint density at radius 2 is 2.17 bits per heavy atom. The molecule has 2 rings (SSSR count). The second kappa shape index (κ2) is 5.48. The molecule has 6 heteroatoms. The zero-order valence-electron chi connectivity index (χ0n) is 10.6. The van der Waals surface area contributed by atoms with Crippen molar-refractivity contribution in [3.05, 3.63) is 29.7 Å². The summed E-state index contributed by atoms with van der Waals surface area (Å²) in [6.07, 6.45) is 4.99. The van der Waals surface area contributed by atoms with Gasteiger partial charge in [-0.3, -0.25) is 0 Å². The van der Waals surface area contributed by atoms with Crippen LogP contribution >= 0.6 is 0 Å². The number of hydrogen-bond donors (Lipinski definition) is 2. The van der Waals surface area contributed by atoms with Crippen molar-refractivity contribution in [1.82, 2.24) is 15.0 Å². The first-order chi connectivity index (χ1) is 8.70. The molecule has 0 radical (unpaired) electrons. The molecule has 0 saturated heterocycles. The van der Waals surface area contributed by atoms with Crippen LogP contribution in [0.1, 0.15) is 30.6 Å². The second-order valence-corrected chi connectivity index (χ2v) is 4.05. The van der Waals surface area contributed by atoms with Crippen LogP contribution in [0.3, 0.4) is 0 Å². The molecular formula is C12H17N5O. The van der Waals surface area contributed by atoms with E-state index in [9.17, 15) is 0 Å². The molecule has 0 aliphatic rings. The zero-order valence-corrected chi connectivity index (χ0v) is 10.6. The molecule has 0 amide bonds. The first-order valence-corrected chi connectivity index (χ1v) is 5.95. The van der Waals surface area contributed by atoms with E-state index in [1.54, 1.807) is 6.20 Å². The number of hydrogen-bond acceptors (Lipinski definition) is 6. The SMILES string of the molecule is CCCc1c(N)ncnc1NCc1ncc(C)o1. The van der Waals surface area contributed by atoms with Gasteiger partial charge in [0.05, 0.1) is 12.7 Å². The molecule has 3 N–H and O–H groups in total. The molecular weight excluding hydrogens is 230 g/mol. The van der Waals surface area contributed by atoms with E-state index in [0.717, 1.165) is 30.0 Å². The Hall–Kier alpha value is -2.11. The maximum Gasteiger partial charge on any atom is 0.213 e. The third-order valence-corrected chi connectivity index (χ3v) is 2.55. The van der Waals surface area contributed by atoms with Gasteiger partial charge in [0.2, 0.25) is 5.89 Å². The highest BCUT2D eigenvalue weighted by atomic mass is 16.4. The Balaban J connectivity index is 2.11. The highest BCUT2D eigenvalue weighted by Crippen LogP contribution is 2.19. The predicted octanol–water partition coefficient (Wildman–Crippen LogP) is 1.92. The molecule has 0 aliphatic heterocycles. The molecule has 0 aromatic carbocycles. The van der Waals surface area contributed by atoms with Crippen LogP contribution in [0.25, 0.3) is 0 Å². The van der Waals surface area contributed by atoms with Crippen LogP contribution in [0.2, 0.25) is 0 Å². The van der Waals surface area contributed by atoms with Gasteiger partial charge in [0.15, 0.2) is 0 Å². The van der Waals surface area contributed by atoms with Crippen molar-refractivity contribution in [1.29, 1.82) is 0 Å². The van der Waals surface area contributed by atoms with Crippen LogP contribution in [0, 0.1) is 6.92 Å². The number of nitrogens with one attached hydrogen (secondary N) is 1. The summed E-state index contributed by atoms with van der Waals surface area (Å²) in [4.78, 5) is 12.3. The minimum atomic E-state index is 0.487. The molecule has 2 aromatic rings. The predicted molar refractivity (Wildman–Crippen MR) is 69.0 cm³/mol. The Morgan fingerprint density at radius 1 is 1.33 bits per heavy atom. The van der Waals surface area contributed by atoms with E-state index < -0.39 is 0 Å². The number of rotatable bonds is 5. The zero-order chi connectivity index (χ0) is 13.0. The molecule has 2 heterocycles. The topological polar surface area (TPSA) is 89.9 Å². The lowest BCUT2D eigenvalue weighted by atomic mass is 10.1. The van der Waals surface area contributed by atoms with E-state index in [1.165, 1.54) is 6.33 Å². The van der Waals surface area contributed by atoms with Crippen LogP contribution in [0.4, 0.5) is 11.6 Å². The Labute approximate surface area is 106 Å². The van der Waals surface area contributed by atoms with Crippen molar-refractivity contribution in [2.24, 2.45) is 0 Å². The molecule has 6 nitrogen and oxygen atoms in total. The van der Waals surface area contributed by atoms with Gasteiger partial charge in [-0.2, -0.15) is 0 Å². The molecule has 96 valence electrons. The molecule has 0 aliphatic carbocycles. The minimum absolute atomic E-state index is 0.487. The molecule has 0 bridgehead atoms. The average Bonchev–Trinajstić information content (AvgIpc) is 2.76. The van der Waals surface area contributed by atoms with E-state index in [0.29, 0.717) is 18.3 Å². The maximum absolute atomic E-state index is 5.85. The van der Waals surface area contributed by atoms with E-state index in [-0.39, 0.29) is 0 Å². The molecule has 0 unspecified atom stereocenters. The summed E-state index contributed by atoms with van der Waals surface area (Å²) in [7, 11) is 0. The third-order valence-electron chi connectivity index (χ3n) is 2.55. The van der Waals surface area contributed by atoms with Crippen LogP contribution in [-0.4, -0.2) is 15.0 Å². The number of aromatic nitrogens is 3. The fourth-order valence-electron chi connectivity index (χ4n) is 1.72. The molecule has 0 fully saturated rings. The number of aryl methyl sites for hydroxylation is 1. The van der Waals surface area contributed by atoms with E-state index >= 15 is 0 Å². The van der Waals surface area contributed by atoms with Crippen molar-refractivity contribution in [2.45, 2.75) is 33.2 Å². The number of anilines is 2. The van der Waals surface area contributed by atoms with Crippen molar-refractivity contribution in [3.8, 4) is 0 Å². The number of nitrogens with zero attached hydrogens (tertiary/aromatic N) is 3. The lowest BCUT2D eigenvalue weighted by Gasteiger charge is -2.10. The lowest BCUT2D eigenvalue weighted by Crippen LogP contribution is -2.08. The van der Waals surface area contributed by atoms with Gasteiger partial charge in [0.1, 0.15) is 23.7 Å². The molecule has 0 spiro atoms. The van der Waals surface area contributed by atoms with Crippen molar-refractivity contribution in [3.63, 3.8) is 0 Å². The molecule has 0 atom stereocenters. The average molecular weight is 247 g/mol. The quantitative estimate of drug-likeness (QED) is 0.839. The lowest BCUT2D eigenvalue weighted by molar-refractivity contribution is 0.478. The Bertz CT molecular complexity index is 523. The van der Waals surface area contributed by atoms with Gasteiger partial charge in [-0.1, -0.05) is 13.3 Å². The monoisotopic (exact) mass is 247 g/mol. The standard InChI is InChI=1S/C12H17N5O/c1-3-4-9-11(13)16-7-17-12(9)15-6-10-14-5-8(2)18-10/h5,7H,3-4,6H2,1-2H3,(H3,13,15,16,17). The smallest absolute Gasteiger partial charge is 0.213 e. The normalized spacial score (nSPS) is 10.6. The summed E-state index contributed by atoms with van der Waals surface area (Å²) in [5, 5.41) is 3.18. The Kier molecular flexibility index (Phi) is 3.76. The largest absolute Gasteiger partial charge is 0.444 e. The van der Waals surface area contributed by atoms with Gasteiger partial charge < -0.3 is 15.5 Å². The van der Waals surface area contributed by atoms with Crippen molar-refractivity contribution >= 4 is 11.6 Å². The number of oxazole rings is 1. The summed E-state index contributed by atoms with van der Waals surface area (Å²) < 4.78 is 5.39. The van der Waals surface area contributed by atoms with E-state index in [4.69, 9.17) is 10.2 Å². The van der Waals surface area contributed by atoms with Gasteiger partial charge in [0, 0.05) is 5.56 Å². The highest BCUT2D eigenvalue weighted by molar-refractivity contribution is 5.54. The molecule has 18 heavy (non-hydrogen) atoms. The minimum Gasteiger partial charge on any atom is -0.444 e. The summed E-state index contributed by atoms with van der Waals surface area (Å²) in [5.74, 6) is 2.70. The third kappa shape index (κ3) is 2.77. The van der Waals surface area contributed by atoms with Gasteiger partial charge in [-0.15, -0.1) is 0 Å². The fourth-order valence-corrected chi connectivity index (χ4v) is 1.72. The summed E-state index contributed by atoms with van der Waals surface area (Å²) in [5.41, 5.74) is 6.80. The Morgan fingerprint density at radius 3 is 2.83 bits per heavy atom. The second-order valence-electron chi connectivity index (χ2n) is 4.05. The fraction of sp³-hybridized carbons (Fsp3) is 0.417. The van der Waals surface area contributed by atoms with E-state index in [2.05, 4.69) is 27.2 Å². The molecule has 2 aromatic heterocycles. The van der Waals surface area contributed by atoms with Gasteiger partial charge in [-0.05, 0) is 13.3 Å². The van der Waals surface area contributed by atoms with Crippen LogP contribution < -0.4 is 11.1 Å². The number of nitrogens with two attached hydrogens (primary N) is 1. The first kappa shape index (κ1) is 12.3. The van der Waals surface area contributed by atoms with Crippen molar-refractivity contribution < 1.29 is 4.42 Å². The van der Waals surface area contributed by atoms with Gasteiger partial charge in [0.25, 0.3) is 0 Å². The van der Waals surface area contributed by atoms with Crippen LogP contribution in [0.5, 0.6) is 0 Å². The van der Waals surface area contributed by atoms with Gasteiger partial charge >= 0.3 is 0 Å². The first-order valence-electron chi connectivity index (χ1n) is 5.95. The highest BCUT2D eigenvalue weighted by Gasteiger charge is 2.09. The van der Waals surface area contributed by atoms with Crippen LogP contribution in [0.15, 0.2) is 16.9 Å². The van der Waals surface area contributed by atoms with E-state index in [1.807, 2.05) is 6.92 Å².